The highest BCUT2D eigenvalue weighted by atomic mass is 35.5. The SMILES string of the molecule is CC1=CCC(C(Cl)=Cc2csc(C)n2)OC(=O)C(O[Si](C)(C)C(C)(C)C)CC(C)(C)C(=O)C(C)CC(C)CCC1. The van der Waals surface area contributed by atoms with E-state index in [-0.39, 0.29) is 23.2 Å². The third kappa shape index (κ3) is 10.2. The number of esters is 1. The second kappa shape index (κ2) is 14.3. The van der Waals surface area contributed by atoms with Crippen molar-refractivity contribution in [3.05, 3.63) is 32.8 Å². The van der Waals surface area contributed by atoms with E-state index < -0.39 is 31.9 Å². The van der Waals surface area contributed by atoms with Gasteiger partial charge in [-0.2, -0.15) is 0 Å². The minimum absolute atomic E-state index is 0.0919. The summed E-state index contributed by atoms with van der Waals surface area (Å²) in [5, 5.41) is 3.20. The molecule has 8 heteroatoms. The van der Waals surface area contributed by atoms with E-state index in [1.165, 1.54) is 5.57 Å². The van der Waals surface area contributed by atoms with Crippen LogP contribution in [-0.4, -0.2) is 37.3 Å². The van der Waals surface area contributed by atoms with E-state index in [1.54, 1.807) is 17.4 Å². The third-order valence-electron chi connectivity index (χ3n) is 8.51. The molecule has 0 spiro atoms. The molecule has 1 aromatic rings. The van der Waals surface area contributed by atoms with Gasteiger partial charge in [-0.05, 0) is 69.7 Å². The van der Waals surface area contributed by atoms with Gasteiger partial charge in [0.05, 0.1) is 15.7 Å². The highest BCUT2D eigenvalue weighted by Gasteiger charge is 2.45. The van der Waals surface area contributed by atoms with Crippen molar-refractivity contribution < 1.29 is 18.8 Å². The number of cyclic esters (lactones) is 1. The Morgan fingerprint density at radius 3 is 2.45 bits per heavy atom. The predicted molar refractivity (Wildman–Crippen MR) is 171 cm³/mol. The summed E-state index contributed by atoms with van der Waals surface area (Å²) in [7, 11) is -2.37. The number of ether oxygens (including phenoxy) is 1. The number of carbonyl (C=O) groups excluding carboxylic acids is 2. The van der Waals surface area contributed by atoms with Crippen molar-refractivity contribution in [1.29, 1.82) is 0 Å². The molecule has 0 radical (unpaired) electrons. The number of nitrogens with zero attached hydrogens (tertiary/aromatic N) is 1. The molecule has 1 aromatic heterocycles. The van der Waals surface area contributed by atoms with Gasteiger partial charge in [0.1, 0.15) is 18.0 Å². The number of carbonyl (C=O) groups is 2. The lowest BCUT2D eigenvalue weighted by molar-refractivity contribution is -0.158. The molecule has 0 fully saturated rings. The summed E-state index contributed by atoms with van der Waals surface area (Å²) >= 11 is 8.37. The molecular formula is C32H52ClNO4SSi. The first kappa shape index (κ1) is 34.9. The van der Waals surface area contributed by atoms with Gasteiger partial charge in [-0.1, -0.05) is 78.1 Å². The van der Waals surface area contributed by atoms with Crippen molar-refractivity contribution >= 4 is 49.1 Å². The molecule has 0 saturated carbocycles. The summed E-state index contributed by atoms with van der Waals surface area (Å²) in [4.78, 5) is 32.1. The Kier molecular flexibility index (Phi) is 12.4. The van der Waals surface area contributed by atoms with Crippen molar-refractivity contribution in [3.63, 3.8) is 0 Å². The van der Waals surface area contributed by atoms with Crippen molar-refractivity contribution in [1.82, 2.24) is 4.98 Å². The molecule has 2 rings (SSSR count). The van der Waals surface area contributed by atoms with Crippen LogP contribution in [0.25, 0.3) is 6.08 Å². The third-order valence-corrected chi connectivity index (χ3v) is 14.1. The van der Waals surface area contributed by atoms with Crippen molar-refractivity contribution in [2.45, 2.75) is 131 Å². The fraction of sp³-hybridized carbons (Fsp3) is 0.719. The Morgan fingerprint density at radius 1 is 1.23 bits per heavy atom. The summed E-state index contributed by atoms with van der Waals surface area (Å²) in [6, 6.07) is 0. The van der Waals surface area contributed by atoms with Crippen LogP contribution in [0.3, 0.4) is 0 Å². The molecule has 2 heterocycles. The van der Waals surface area contributed by atoms with Crippen LogP contribution < -0.4 is 0 Å². The van der Waals surface area contributed by atoms with Crippen molar-refractivity contribution in [3.8, 4) is 0 Å². The van der Waals surface area contributed by atoms with Crippen LogP contribution in [0.1, 0.15) is 105 Å². The van der Waals surface area contributed by atoms with Gasteiger partial charge in [0.2, 0.25) is 0 Å². The standard InChI is InChI=1S/C32H52ClNO4SSi/c1-21-13-12-14-22(2)17-23(3)29(35)32(8,9)19-28(38-40(10,11)31(5,6)7)30(36)37-27(16-15-21)26(33)18-25-20-39-24(4)34-25/h15,18,20,22-23,27-28H,12-14,16-17,19H2,1-11H3. The molecule has 0 saturated heterocycles. The zero-order chi connectivity index (χ0) is 30.5. The Hall–Kier alpha value is -1.28. The van der Waals surface area contributed by atoms with Crippen molar-refractivity contribution in [2.24, 2.45) is 17.3 Å². The topological polar surface area (TPSA) is 65.5 Å². The maximum atomic E-state index is 13.9. The maximum absolute atomic E-state index is 13.9. The van der Waals surface area contributed by atoms with E-state index in [1.807, 2.05) is 33.1 Å². The number of Topliss-reactive ketones (excluding diaryl/α,β-unsaturated/α-hetero) is 1. The van der Waals surface area contributed by atoms with Crippen LogP contribution in [0, 0.1) is 24.2 Å². The first-order chi connectivity index (χ1) is 18.3. The zero-order valence-electron chi connectivity index (χ0n) is 26.7. The second-order valence-electron chi connectivity index (χ2n) is 14.0. The molecule has 40 heavy (non-hydrogen) atoms. The quantitative estimate of drug-likeness (QED) is 0.193. The van der Waals surface area contributed by atoms with Crippen LogP contribution in [0.2, 0.25) is 18.1 Å². The molecule has 0 aliphatic carbocycles. The number of aromatic nitrogens is 1. The normalized spacial score (nSPS) is 26.8. The van der Waals surface area contributed by atoms with Gasteiger partial charge in [0.25, 0.3) is 0 Å². The van der Waals surface area contributed by atoms with Crippen molar-refractivity contribution in [2.75, 3.05) is 0 Å². The number of rotatable bonds is 4. The number of halogens is 1. The lowest BCUT2D eigenvalue weighted by Gasteiger charge is -2.40. The van der Waals surface area contributed by atoms with Crippen LogP contribution in [0.5, 0.6) is 0 Å². The zero-order valence-corrected chi connectivity index (χ0v) is 29.2. The fourth-order valence-corrected chi connectivity index (χ4v) is 7.08. The summed E-state index contributed by atoms with van der Waals surface area (Å²) in [6.45, 7) is 22.9. The fourth-order valence-electron chi connectivity index (χ4n) is 5.02. The monoisotopic (exact) mass is 609 g/mol. The van der Waals surface area contributed by atoms with Crippen LogP contribution in [-0.2, 0) is 18.8 Å². The summed E-state index contributed by atoms with van der Waals surface area (Å²) in [5.74, 6) is 0.0700. The first-order valence-electron chi connectivity index (χ1n) is 14.7. The smallest absolute Gasteiger partial charge is 0.334 e. The van der Waals surface area contributed by atoms with E-state index in [4.69, 9.17) is 20.8 Å². The average Bonchev–Trinajstić information content (AvgIpc) is 3.23. The van der Waals surface area contributed by atoms with Crippen LogP contribution >= 0.6 is 22.9 Å². The van der Waals surface area contributed by atoms with E-state index in [0.717, 1.165) is 36.4 Å². The van der Waals surface area contributed by atoms with E-state index in [9.17, 15) is 9.59 Å². The number of hydrogen-bond donors (Lipinski definition) is 0. The predicted octanol–water partition coefficient (Wildman–Crippen LogP) is 9.50. The minimum atomic E-state index is -2.37. The Morgan fingerprint density at radius 2 is 1.88 bits per heavy atom. The number of hydrogen-bond acceptors (Lipinski definition) is 6. The Labute approximate surface area is 253 Å². The van der Waals surface area contributed by atoms with Crippen LogP contribution in [0.4, 0.5) is 0 Å². The highest BCUT2D eigenvalue weighted by Crippen LogP contribution is 2.40. The van der Waals surface area contributed by atoms with Gasteiger partial charge in [-0.3, -0.25) is 4.79 Å². The van der Waals surface area contributed by atoms with E-state index in [2.05, 4.69) is 58.8 Å². The molecule has 4 unspecified atom stereocenters. The number of ketones is 1. The van der Waals surface area contributed by atoms with Gasteiger partial charge in [-0.25, -0.2) is 9.78 Å². The molecule has 0 N–H and O–H groups in total. The van der Waals surface area contributed by atoms with Gasteiger partial charge in [-0.15, -0.1) is 11.3 Å². The summed E-state index contributed by atoms with van der Waals surface area (Å²) in [6.07, 6.45) is 7.07. The highest BCUT2D eigenvalue weighted by molar-refractivity contribution is 7.09. The molecule has 5 nitrogen and oxygen atoms in total. The molecular weight excluding hydrogens is 558 g/mol. The molecule has 4 atom stereocenters. The number of thiazole rings is 1. The van der Waals surface area contributed by atoms with Gasteiger partial charge >= 0.3 is 5.97 Å². The maximum Gasteiger partial charge on any atom is 0.334 e. The molecule has 1 aliphatic rings. The van der Waals surface area contributed by atoms with Gasteiger partial charge in [0.15, 0.2) is 8.32 Å². The lowest BCUT2D eigenvalue weighted by Crippen LogP contribution is -2.49. The second-order valence-corrected chi connectivity index (χ2v) is 20.2. The molecule has 0 bridgehead atoms. The summed E-state index contributed by atoms with van der Waals surface area (Å²) in [5.41, 5.74) is 1.25. The number of aryl methyl sites for hydroxylation is 1. The molecule has 0 aromatic carbocycles. The first-order valence-corrected chi connectivity index (χ1v) is 18.9. The average molecular weight is 610 g/mol. The summed E-state index contributed by atoms with van der Waals surface area (Å²) < 4.78 is 12.9. The van der Waals surface area contributed by atoms with Gasteiger partial charge < -0.3 is 9.16 Å². The molecule has 1 aliphatic heterocycles. The molecule has 226 valence electrons. The Balaban J connectivity index is 2.53. The van der Waals surface area contributed by atoms with E-state index in [0.29, 0.717) is 17.4 Å². The van der Waals surface area contributed by atoms with Gasteiger partial charge in [0, 0.05) is 23.1 Å². The largest absolute Gasteiger partial charge is 0.454 e. The van der Waals surface area contributed by atoms with E-state index >= 15 is 0 Å². The van der Waals surface area contributed by atoms with Crippen LogP contribution in [0.15, 0.2) is 22.1 Å². The molecule has 0 amide bonds. The minimum Gasteiger partial charge on any atom is -0.454 e. The lowest BCUT2D eigenvalue weighted by atomic mass is 9.75. The Bertz CT molecular complexity index is 1080. The number of allylic oxidation sites excluding steroid dienone is 1.